The summed E-state index contributed by atoms with van der Waals surface area (Å²) in [5, 5.41) is 1.98. The van der Waals surface area contributed by atoms with Crippen LogP contribution in [0.25, 0.3) is 0 Å². The molecule has 7 N–H and O–H groups in total. The van der Waals surface area contributed by atoms with E-state index < -0.39 is 11.7 Å². The number of aldehydes is 1. The fourth-order valence-electron chi connectivity index (χ4n) is 0.358. The number of amides is 2. The van der Waals surface area contributed by atoms with Crippen LogP contribution in [-0.4, -0.2) is 24.5 Å². The van der Waals surface area contributed by atoms with E-state index in [2.05, 4.69) is 5.73 Å². The molecule has 0 rings (SSSR count). The van der Waals surface area contributed by atoms with Gasteiger partial charge in [0.2, 0.25) is 0 Å². The summed E-state index contributed by atoms with van der Waals surface area (Å²) >= 11 is 0. The van der Waals surface area contributed by atoms with E-state index in [4.69, 9.17) is 11.5 Å². The van der Waals surface area contributed by atoms with Gasteiger partial charge in [0.25, 0.3) is 0 Å². The van der Waals surface area contributed by atoms with Crippen LogP contribution in [0, 0.1) is 0 Å². The van der Waals surface area contributed by atoms with Crippen LogP contribution in [0.2, 0.25) is 0 Å². The lowest BCUT2D eigenvalue weighted by Gasteiger charge is -2.20. The first-order chi connectivity index (χ1) is 4.54. The summed E-state index contributed by atoms with van der Waals surface area (Å²) in [6, 6.07) is -0.875. The lowest BCUT2D eigenvalue weighted by Crippen LogP contribution is -2.63. The lowest BCUT2D eigenvalue weighted by atomic mass is 10.2. The Hall–Kier alpha value is -1.14. The number of carbonyl (C=O) groups is 2. The summed E-state index contributed by atoms with van der Waals surface area (Å²) in [6.07, 6.45) is 0.331. The molecular weight excluding hydrogens is 136 g/mol. The van der Waals surface area contributed by atoms with Crippen molar-refractivity contribution in [3.8, 4) is 0 Å². The summed E-state index contributed by atoms with van der Waals surface area (Å²) in [6.45, 7) is -0.181. The Morgan fingerprint density at radius 3 is 2.30 bits per heavy atom. The number of rotatable bonds is 3. The van der Waals surface area contributed by atoms with Crippen molar-refractivity contribution in [1.82, 2.24) is 5.32 Å². The molecule has 0 bridgehead atoms. The van der Waals surface area contributed by atoms with E-state index in [0.29, 0.717) is 6.29 Å². The molecule has 6 nitrogen and oxygen atoms in total. The molecule has 6 heteroatoms. The molecular formula is C4H10N4O2. The zero-order chi connectivity index (χ0) is 8.20. The molecule has 2 amide bonds. The average Bonchev–Trinajstić information content (AvgIpc) is 1.87. The smallest absolute Gasteiger partial charge is 0.313 e. The Kier molecular flexibility index (Phi) is 2.78. The number of nitrogens with two attached hydrogens (primary N) is 3. The molecule has 0 aromatic heterocycles. The second kappa shape index (κ2) is 3.14. The van der Waals surface area contributed by atoms with Gasteiger partial charge in [-0.15, -0.1) is 0 Å². The van der Waals surface area contributed by atoms with Crippen molar-refractivity contribution in [3.63, 3.8) is 0 Å². The maximum absolute atomic E-state index is 10.1. The van der Waals surface area contributed by atoms with Crippen molar-refractivity contribution in [3.05, 3.63) is 0 Å². The summed E-state index contributed by atoms with van der Waals surface area (Å²) in [7, 11) is 0. The van der Waals surface area contributed by atoms with Crippen molar-refractivity contribution < 1.29 is 9.59 Å². The van der Waals surface area contributed by atoms with E-state index >= 15 is 0 Å². The fraction of sp³-hybridized carbons (Fsp3) is 0.500. The van der Waals surface area contributed by atoms with Gasteiger partial charge in [-0.25, -0.2) is 4.79 Å². The molecule has 0 fully saturated rings. The third-order valence-electron chi connectivity index (χ3n) is 0.904. The van der Waals surface area contributed by atoms with E-state index in [-0.39, 0.29) is 6.54 Å². The van der Waals surface area contributed by atoms with Crippen LogP contribution in [0.3, 0.4) is 0 Å². The average molecular weight is 146 g/mol. The molecule has 0 aliphatic rings. The van der Waals surface area contributed by atoms with Crippen molar-refractivity contribution in [2.75, 3.05) is 6.54 Å². The Morgan fingerprint density at radius 2 is 2.20 bits per heavy atom. The third-order valence-corrected chi connectivity index (χ3v) is 0.904. The van der Waals surface area contributed by atoms with Crippen molar-refractivity contribution in [1.29, 1.82) is 0 Å². The summed E-state index contributed by atoms with van der Waals surface area (Å²) < 4.78 is 0. The van der Waals surface area contributed by atoms with Gasteiger partial charge >= 0.3 is 6.03 Å². The normalized spacial score (nSPS) is 15.4. The van der Waals surface area contributed by atoms with Gasteiger partial charge in [-0.3, -0.25) is 4.79 Å². The van der Waals surface area contributed by atoms with E-state index in [1.165, 1.54) is 0 Å². The molecule has 0 aliphatic carbocycles. The van der Waals surface area contributed by atoms with Crippen LogP contribution in [0.4, 0.5) is 4.79 Å². The van der Waals surface area contributed by atoms with Crippen LogP contribution < -0.4 is 22.5 Å². The lowest BCUT2D eigenvalue weighted by molar-refractivity contribution is -0.112. The number of hydrogen-bond donors (Lipinski definition) is 4. The van der Waals surface area contributed by atoms with Crippen LogP contribution in [0.15, 0.2) is 0 Å². The molecule has 58 valence electrons. The largest absolute Gasteiger partial charge is 0.352 e. The maximum Gasteiger partial charge on any atom is 0.313 e. The molecule has 10 heavy (non-hydrogen) atoms. The molecule has 0 aromatic carbocycles. The van der Waals surface area contributed by atoms with Crippen molar-refractivity contribution >= 4 is 12.3 Å². The zero-order valence-corrected chi connectivity index (χ0v) is 5.33. The molecule has 0 saturated carbocycles. The first-order valence-corrected chi connectivity index (χ1v) is 2.57. The third kappa shape index (κ3) is 2.42. The summed E-state index contributed by atoms with van der Waals surface area (Å²) in [5.74, 6) is 0. The first-order valence-electron chi connectivity index (χ1n) is 2.57. The molecule has 0 aromatic rings. The molecule has 0 heterocycles. The highest BCUT2D eigenvalue weighted by Gasteiger charge is 2.22. The van der Waals surface area contributed by atoms with Crippen molar-refractivity contribution in [2.24, 2.45) is 17.2 Å². The van der Waals surface area contributed by atoms with Gasteiger partial charge in [0.15, 0.2) is 11.9 Å². The van der Waals surface area contributed by atoms with Crippen LogP contribution in [0.5, 0.6) is 0 Å². The van der Waals surface area contributed by atoms with Crippen LogP contribution >= 0.6 is 0 Å². The minimum Gasteiger partial charge on any atom is -0.352 e. The number of nitrogens with one attached hydrogen (secondary N) is 1. The highest BCUT2D eigenvalue weighted by Crippen LogP contribution is 1.83. The van der Waals surface area contributed by atoms with E-state index in [9.17, 15) is 9.59 Å². The van der Waals surface area contributed by atoms with E-state index in [1.54, 1.807) is 0 Å². The summed E-state index contributed by atoms with van der Waals surface area (Å²) in [4.78, 5) is 20.3. The molecule has 0 aliphatic heterocycles. The van der Waals surface area contributed by atoms with Gasteiger partial charge in [0, 0.05) is 6.54 Å². The maximum atomic E-state index is 10.1. The van der Waals surface area contributed by atoms with Gasteiger partial charge in [0.1, 0.15) is 0 Å². The minimum absolute atomic E-state index is 0.181. The van der Waals surface area contributed by atoms with Gasteiger partial charge < -0.3 is 22.5 Å². The van der Waals surface area contributed by atoms with Crippen LogP contribution in [-0.2, 0) is 4.79 Å². The Balaban J connectivity index is 4.05. The predicted octanol–water partition coefficient (Wildman–Crippen LogP) is -2.53. The Morgan fingerprint density at radius 1 is 1.70 bits per heavy atom. The standard InChI is InChI=1S/C4H10N4O2/c5-1-4(7,2-9)8-3(6)10/h2H,1,5,7H2,(H3,6,8,10). The van der Waals surface area contributed by atoms with Crippen molar-refractivity contribution in [2.45, 2.75) is 5.66 Å². The molecule has 0 radical (unpaired) electrons. The SMILES string of the molecule is NCC(N)(C=O)NC(N)=O. The number of hydrogen-bond acceptors (Lipinski definition) is 4. The predicted molar refractivity (Wildman–Crippen MR) is 34.8 cm³/mol. The topological polar surface area (TPSA) is 124 Å². The number of carbonyl (C=O) groups excluding carboxylic acids is 2. The fourth-order valence-corrected chi connectivity index (χ4v) is 0.358. The molecule has 1 unspecified atom stereocenters. The highest BCUT2D eigenvalue weighted by molar-refractivity contribution is 5.78. The molecule has 0 spiro atoms. The van der Waals surface area contributed by atoms with Crippen LogP contribution in [0.1, 0.15) is 0 Å². The monoisotopic (exact) mass is 146 g/mol. The van der Waals surface area contributed by atoms with E-state index in [0.717, 1.165) is 0 Å². The second-order valence-electron chi connectivity index (χ2n) is 1.85. The zero-order valence-electron chi connectivity index (χ0n) is 5.33. The second-order valence-corrected chi connectivity index (χ2v) is 1.85. The number of urea groups is 1. The van der Waals surface area contributed by atoms with Gasteiger partial charge in [0.05, 0.1) is 0 Å². The Labute approximate surface area is 57.7 Å². The first kappa shape index (κ1) is 8.86. The highest BCUT2D eigenvalue weighted by atomic mass is 16.2. The van der Waals surface area contributed by atoms with Gasteiger partial charge in [-0.2, -0.15) is 0 Å². The quantitative estimate of drug-likeness (QED) is 0.259. The van der Waals surface area contributed by atoms with Gasteiger partial charge in [-0.1, -0.05) is 0 Å². The summed E-state index contributed by atoms with van der Waals surface area (Å²) in [5.41, 5.74) is 13.4. The minimum atomic E-state index is -1.52. The van der Waals surface area contributed by atoms with Gasteiger partial charge in [-0.05, 0) is 0 Å². The molecule has 0 saturated heterocycles. The molecule has 1 atom stereocenters. The van der Waals surface area contributed by atoms with E-state index in [1.807, 2.05) is 5.32 Å². The number of primary amides is 1. The Bertz CT molecular complexity index is 148.